The van der Waals surface area contributed by atoms with Crippen molar-refractivity contribution in [2.45, 2.75) is 59.0 Å². The lowest BCUT2D eigenvalue weighted by Crippen LogP contribution is -2.68. The van der Waals surface area contributed by atoms with Crippen molar-refractivity contribution in [3.05, 3.63) is 108 Å². The van der Waals surface area contributed by atoms with Gasteiger partial charge in [-0.3, -0.25) is 20.4 Å². The summed E-state index contributed by atoms with van der Waals surface area (Å²) in [7, 11) is 0. The minimum absolute atomic E-state index is 0.00560. The summed E-state index contributed by atoms with van der Waals surface area (Å²) in [5, 5.41) is 4.86. The molecule has 16 heteroatoms. The number of likely N-dealkylation sites (tertiary alicyclic amines) is 1. The van der Waals surface area contributed by atoms with E-state index < -0.39 is 48.1 Å². The number of carbonyl (C=O) groups is 6. The summed E-state index contributed by atoms with van der Waals surface area (Å²) < 4.78 is 21.6. The first-order valence-corrected chi connectivity index (χ1v) is 19.3. The van der Waals surface area contributed by atoms with Gasteiger partial charge >= 0.3 is 30.3 Å². The quantitative estimate of drug-likeness (QED) is 0.0562. The lowest BCUT2D eigenvalue weighted by molar-refractivity contribution is -0.171. The summed E-state index contributed by atoms with van der Waals surface area (Å²) >= 11 is 0. The van der Waals surface area contributed by atoms with Crippen molar-refractivity contribution in [1.82, 2.24) is 25.3 Å². The second-order valence-electron chi connectivity index (χ2n) is 14.2. The molecule has 1 unspecified atom stereocenters. The number of hydrogen-bond acceptors (Lipinski definition) is 11. The van der Waals surface area contributed by atoms with Crippen LogP contribution in [0, 0.1) is 11.8 Å². The van der Waals surface area contributed by atoms with Crippen LogP contribution in [0.15, 0.2) is 96.0 Å². The number of amides is 6. The van der Waals surface area contributed by atoms with Crippen LogP contribution in [0.2, 0.25) is 0 Å². The first kappa shape index (κ1) is 42.7. The molecule has 16 nitrogen and oxygen atoms in total. The fourth-order valence-electron chi connectivity index (χ4n) is 6.22. The van der Waals surface area contributed by atoms with Crippen LogP contribution in [-0.4, -0.2) is 102 Å². The predicted octanol–water partition coefficient (Wildman–Crippen LogP) is 5.47. The van der Waals surface area contributed by atoms with Crippen LogP contribution in [0.25, 0.3) is 0 Å². The van der Waals surface area contributed by atoms with Crippen molar-refractivity contribution < 1.29 is 47.7 Å². The van der Waals surface area contributed by atoms with Crippen LogP contribution in [-0.2, 0) is 48.4 Å². The maximum Gasteiger partial charge on any atom is 0.414 e. The standard InChI is InChI=1S/C42H50N6O10/c1-30(2)26-58-42(54)47-23-13-22-46(24-25-47)41(53)48-35(37(50)55-27-31-14-6-3-7-15-31)34(36(48)49)20-12-21-43-38(44-39(51)56-28-32-16-8-4-9-17-32)45-40(52)57-29-33-18-10-5-11-19-33/h3-11,14-19,30,34-35H,12-13,20-29H2,1-2H3,(H2,43,44,45,51,52)/t34-,35?/m1/s1. The highest BCUT2D eigenvalue weighted by Gasteiger charge is 2.56. The number of alkyl carbamates (subject to hydrolysis) is 2. The van der Waals surface area contributed by atoms with E-state index in [1.807, 2.05) is 32.0 Å². The third kappa shape index (κ3) is 12.8. The average Bonchev–Trinajstić information content (AvgIpc) is 3.50. The van der Waals surface area contributed by atoms with Crippen LogP contribution < -0.4 is 10.6 Å². The van der Waals surface area contributed by atoms with Crippen LogP contribution in [0.5, 0.6) is 0 Å². The van der Waals surface area contributed by atoms with Gasteiger partial charge in [0, 0.05) is 32.7 Å². The molecule has 0 spiro atoms. The second kappa shape index (κ2) is 21.7. The number of urea groups is 1. The van der Waals surface area contributed by atoms with E-state index in [4.69, 9.17) is 18.9 Å². The zero-order chi connectivity index (χ0) is 41.3. The molecule has 2 aliphatic heterocycles. The van der Waals surface area contributed by atoms with Crippen LogP contribution in [0.3, 0.4) is 0 Å². The molecule has 2 N–H and O–H groups in total. The molecule has 58 heavy (non-hydrogen) atoms. The van der Waals surface area contributed by atoms with E-state index in [1.165, 1.54) is 9.80 Å². The normalized spacial score (nSPS) is 16.3. The molecule has 3 aromatic carbocycles. The molecule has 0 aliphatic carbocycles. The van der Waals surface area contributed by atoms with Gasteiger partial charge in [-0.1, -0.05) is 105 Å². The zero-order valence-electron chi connectivity index (χ0n) is 32.7. The van der Waals surface area contributed by atoms with Gasteiger partial charge in [0.1, 0.15) is 19.8 Å². The molecule has 308 valence electrons. The number of guanidine groups is 1. The van der Waals surface area contributed by atoms with Gasteiger partial charge in [0.15, 0.2) is 6.04 Å². The summed E-state index contributed by atoms with van der Waals surface area (Å²) in [6.45, 7) is 5.05. The molecule has 3 aromatic rings. The number of ether oxygens (including phenoxy) is 4. The maximum atomic E-state index is 13.8. The third-order valence-corrected chi connectivity index (χ3v) is 9.26. The molecule has 0 radical (unpaired) electrons. The Balaban J connectivity index is 1.22. The van der Waals surface area contributed by atoms with Gasteiger partial charge in [0.25, 0.3) is 0 Å². The lowest BCUT2D eigenvalue weighted by Gasteiger charge is -2.45. The lowest BCUT2D eigenvalue weighted by atomic mass is 9.83. The molecular formula is C42H50N6O10. The second-order valence-corrected chi connectivity index (χ2v) is 14.2. The third-order valence-electron chi connectivity index (χ3n) is 9.26. The smallest absolute Gasteiger partial charge is 0.414 e. The Kier molecular flexibility index (Phi) is 16.0. The number of aliphatic imine (C=N–C) groups is 1. The predicted molar refractivity (Wildman–Crippen MR) is 211 cm³/mol. The topological polar surface area (TPSA) is 185 Å². The molecule has 2 fully saturated rings. The van der Waals surface area contributed by atoms with Crippen molar-refractivity contribution in [2.75, 3.05) is 39.3 Å². The van der Waals surface area contributed by atoms with Crippen LogP contribution >= 0.6 is 0 Å². The molecule has 2 heterocycles. The highest BCUT2D eigenvalue weighted by Crippen LogP contribution is 2.33. The summed E-state index contributed by atoms with van der Waals surface area (Å²) in [5.41, 5.74) is 2.24. The average molecular weight is 799 g/mol. The minimum atomic E-state index is -1.19. The highest BCUT2D eigenvalue weighted by molar-refractivity contribution is 6.08. The maximum absolute atomic E-state index is 13.8. The Morgan fingerprint density at radius 3 is 1.72 bits per heavy atom. The van der Waals surface area contributed by atoms with Crippen molar-refractivity contribution in [1.29, 1.82) is 0 Å². The van der Waals surface area contributed by atoms with Gasteiger partial charge < -0.3 is 28.7 Å². The number of β-lactam (4-membered cyclic amide) rings is 1. The number of nitrogens with zero attached hydrogens (tertiary/aromatic N) is 4. The molecule has 0 bridgehead atoms. The van der Waals surface area contributed by atoms with Gasteiger partial charge in [-0.15, -0.1) is 0 Å². The number of hydrogen-bond donors (Lipinski definition) is 2. The van der Waals surface area contributed by atoms with Crippen molar-refractivity contribution in [3.8, 4) is 0 Å². The molecule has 0 saturated carbocycles. The Bertz CT molecular complexity index is 1820. The van der Waals surface area contributed by atoms with E-state index in [9.17, 15) is 28.8 Å². The van der Waals surface area contributed by atoms with Crippen molar-refractivity contribution in [3.63, 3.8) is 0 Å². The van der Waals surface area contributed by atoms with Crippen LogP contribution in [0.1, 0.15) is 49.8 Å². The molecule has 0 aromatic heterocycles. The van der Waals surface area contributed by atoms with Crippen molar-refractivity contribution in [2.24, 2.45) is 16.8 Å². The Labute approximate surface area is 337 Å². The summed E-state index contributed by atoms with van der Waals surface area (Å²) in [6, 6.07) is 25.2. The minimum Gasteiger partial charge on any atom is -0.459 e. The number of nitrogens with one attached hydrogen (secondary N) is 2. The van der Waals surface area contributed by atoms with E-state index in [1.54, 1.807) is 72.8 Å². The molecule has 6 amide bonds. The van der Waals surface area contributed by atoms with E-state index in [0.717, 1.165) is 21.6 Å². The van der Waals surface area contributed by atoms with Crippen LogP contribution in [0.4, 0.5) is 19.2 Å². The monoisotopic (exact) mass is 798 g/mol. The summed E-state index contributed by atoms with van der Waals surface area (Å²) in [6.07, 6.45) is -1.40. The molecule has 5 rings (SSSR count). The van der Waals surface area contributed by atoms with Gasteiger partial charge in [0.2, 0.25) is 11.9 Å². The zero-order valence-corrected chi connectivity index (χ0v) is 32.7. The fraction of sp³-hybridized carbons (Fsp3) is 0.405. The fourth-order valence-corrected chi connectivity index (χ4v) is 6.22. The number of esters is 1. The largest absolute Gasteiger partial charge is 0.459 e. The molecular weight excluding hydrogens is 748 g/mol. The SMILES string of the molecule is CC(C)COC(=O)N1CCCN(C(=O)N2C(=O)[C@H](CCCN=C(NC(=O)OCc3ccccc3)NC(=O)OCc3ccccc3)C2C(=O)OCc2ccccc2)CC1. The number of carbonyl (C=O) groups excluding carboxylic acids is 6. The Morgan fingerprint density at radius 1 is 0.690 bits per heavy atom. The molecule has 2 aliphatic rings. The van der Waals surface area contributed by atoms with Gasteiger partial charge in [0.05, 0.1) is 12.5 Å². The first-order valence-electron chi connectivity index (χ1n) is 19.3. The summed E-state index contributed by atoms with van der Waals surface area (Å²) in [4.78, 5) is 87.3. The number of rotatable bonds is 13. The molecule has 2 saturated heterocycles. The Hall–Kier alpha value is -6.45. The van der Waals surface area contributed by atoms with E-state index in [2.05, 4.69) is 15.6 Å². The van der Waals surface area contributed by atoms with E-state index >= 15 is 0 Å². The highest BCUT2D eigenvalue weighted by atomic mass is 16.6. The first-order chi connectivity index (χ1) is 28.1. The van der Waals surface area contributed by atoms with E-state index in [0.29, 0.717) is 13.0 Å². The number of benzene rings is 3. The van der Waals surface area contributed by atoms with Gasteiger partial charge in [-0.05, 0) is 41.9 Å². The number of imide groups is 1. The van der Waals surface area contributed by atoms with Gasteiger partial charge in [-0.2, -0.15) is 0 Å². The summed E-state index contributed by atoms with van der Waals surface area (Å²) in [5.74, 6) is -2.24. The van der Waals surface area contributed by atoms with Crippen molar-refractivity contribution >= 4 is 42.1 Å². The molecule has 2 atom stereocenters. The van der Waals surface area contributed by atoms with Gasteiger partial charge in [-0.25, -0.2) is 28.9 Å². The Morgan fingerprint density at radius 2 is 1.19 bits per heavy atom. The van der Waals surface area contributed by atoms with E-state index in [-0.39, 0.29) is 77.3 Å².